The summed E-state index contributed by atoms with van der Waals surface area (Å²) < 4.78 is 12.1. The Kier molecular flexibility index (Phi) is 7.18. The third-order valence-corrected chi connectivity index (χ3v) is 8.38. The first-order valence-electron chi connectivity index (χ1n) is 13.4. The number of aryl methyl sites for hydroxylation is 2. The highest BCUT2D eigenvalue weighted by Gasteiger charge is 2.51. The number of aliphatic hydroxyl groups is 1. The van der Waals surface area contributed by atoms with Crippen LogP contribution in [0.25, 0.3) is 0 Å². The Morgan fingerprint density at radius 3 is 2.67 bits per heavy atom. The molecule has 0 amide bonds. The number of aromatic nitrogens is 1. The van der Waals surface area contributed by atoms with Crippen LogP contribution in [0.1, 0.15) is 67.5 Å². The van der Waals surface area contributed by atoms with Gasteiger partial charge in [-0.15, -0.1) is 0 Å². The zero-order chi connectivity index (χ0) is 25.2. The summed E-state index contributed by atoms with van der Waals surface area (Å²) in [5.41, 5.74) is 5.62. The van der Waals surface area contributed by atoms with Crippen LogP contribution in [0.5, 0.6) is 5.75 Å². The van der Waals surface area contributed by atoms with Crippen LogP contribution in [0.2, 0.25) is 0 Å². The molecule has 2 aromatic carbocycles. The van der Waals surface area contributed by atoms with E-state index >= 15 is 0 Å². The van der Waals surface area contributed by atoms with E-state index in [2.05, 4.69) is 59.6 Å². The normalized spacial score (nSPS) is 25.3. The number of hydrogen-bond donors (Lipinski definition) is 1. The molecule has 0 aliphatic heterocycles. The van der Waals surface area contributed by atoms with Gasteiger partial charge in [-0.25, -0.2) is 0 Å². The van der Waals surface area contributed by atoms with Gasteiger partial charge in [-0.1, -0.05) is 42.5 Å². The predicted octanol–water partition coefficient (Wildman–Crippen LogP) is 6.35. The van der Waals surface area contributed by atoms with E-state index in [0.29, 0.717) is 19.1 Å². The predicted molar refractivity (Wildman–Crippen MR) is 143 cm³/mol. The molecule has 3 atom stereocenters. The van der Waals surface area contributed by atoms with Crippen molar-refractivity contribution in [1.29, 1.82) is 0 Å². The van der Waals surface area contributed by atoms with Crippen LogP contribution in [0, 0.1) is 12.8 Å². The molecule has 0 bridgehead atoms. The molecule has 5 rings (SSSR count). The highest BCUT2D eigenvalue weighted by Crippen LogP contribution is 2.54. The third-order valence-electron chi connectivity index (χ3n) is 8.38. The van der Waals surface area contributed by atoms with E-state index in [1.807, 2.05) is 33.0 Å². The number of hydrogen-bond acceptors (Lipinski definition) is 4. The van der Waals surface area contributed by atoms with Crippen LogP contribution >= 0.6 is 0 Å². The summed E-state index contributed by atoms with van der Waals surface area (Å²) in [6, 6.07) is 21.6. The van der Waals surface area contributed by atoms with Gasteiger partial charge in [0.1, 0.15) is 12.4 Å². The Morgan fingerprint density at radius 2 is 1.89 bits per heavy atom. The Bertz CT molecular complexity index is 1180. The highest BCUT2D eigenvalue weighted by atomic mass is 16.5. The molecule has 36 heavy (non-hydrogen) atoms. The van der Waals surface area contributed by atoms with Gasteiger partial charge in [-0.3, -0.25) is 4.98 Å². The van der Waals surface area contributed by atoms with E-state index in [-0.39, 0.29) is 11.5 Å². The maximum absolute atomic E-state index is 11.5. The topological polar surface area (TPSA) is 51.6 Å². The molecular weight excluding hydrogens is 446 g/mol. The summed E-state index contributed by atoms with van der Waals surface area (Å²) in [4.78, 5) is 4.38. The molecule has 1 N–H and O–H groups in total. The van der Waals surface area contributed by atoms with Crippen molar-refractivity contribution in [2.45, 2.75) is 83.0 Å². The maximum Gasteiger partial charge on any atom is 0.120 e. The average Bonchev–Trinajstić information content (AvgIpc) is 2.88. The van der Waals surface area contributed by atoms with Gasteiger partial charge in [-0.2, -0.15) is 0 Å². The van der Waals surface area contributed by atoms with E-state index in [1.54, 1.807) is 0 Å². The molecule has 1 heterocycles. The minimum Gasteiger partial charge on any atom is -0.489 e. The van der Waals surface area contributed by atoms with Crippen LogP contribution < -0.4 is 4.74 Å². The van der Waals surface area contributed by atoms with Crippen molar-refractivity contribution in [2.24, 2.45) is 5.92 Å². The van der Waals surface area contributed by atoms with E-state index < -0.39 is 5.60 Å². The SMILES string of the molecule is Cc1ncccc1COc1ccc2c(c1)CC[C@@H]1C[C@@](O)(COC(C)C)CC[C@@]21Cc1ccccc1. The molecular formula is C32H39NO3. The van der Waals surface area contributed by atoms with Gasteiger partial charge in [0.05, 0.1) is 18.3 Å². The summed E-state index contributed by atoms with van der Waals surface area (Å²) in [6.45, 7) is 7.06. The molecule has 0 saturated heterocycles. The molecule has 1 aromatic heterocycles. The summed E-state index contributed by atoms with van der Waals surface area (Å²) in [5.74, 6) is 1.34. The monoisotopic (exact) mass is 485 g/mol. The van der Waals surface area contributed by atoms with Crippen LogP contribution in [0.15, 0.2) is 66.9 Å². The van der Waals surface area contributed by atoms with E-state index in [4.69, 9.17) is 9.47 Å². The fraction of sp³-hybridized carbons (Fsp3) is 0.469. The molecule has 2 aliphatic carbocycles. The zero-order valence-corrected chi connectivity index (χ0v) is 21.9. The first-order chi connectivity index (χ1) is 17.4. The van der Waals surface area contributed by atoms with Gasteiger partial charge in [0.25, 0.3) is 0 Å². The number of fused-ring (bicyclic) bond motifs is 3. The lowest BCUT2D eigenvalue weighted by molar-refractivity contribution is -0.111. The van der Waals surface area contributed by atoms with Crippen molar-refractivity contribution >= 4 is 0 Å². The quantitative estimate of drug-likeness (QED) is 0.404. The number of rotatable bonds is 8. The Hall–Kier alpha value is -2.69. The fourth-order valence-electron chi connectivity index (χ4n) is 6.40. The second kappa shape index (κ2) is 10.4. The van der Waals surface area contributed by atoms with E-state index in [0.717, 1.165) is 55.5 Å². The zero-order valence-electron chi connectivity index (χ0n) is 21.9. The first-order valence-corrected chi connectivity index (χ1v) is 13.4. The summed E-state index contributed by atoms with van der Waals surface area (Å²) in [5, 5.41) is 11.5. The van der Waals surface area contributed by atoms with Gasteiger partial charge in [0, 0.05) is 22.9 Å². The lowest BCUT2D eigenvalue weighted by Crippen LogP contribution is -2.53. The largest absolute Gasteiger partial charge is 0.489 e. The van der Waals surface area contributed by atoms with Crippen molar-refractivity contribution in [3.8, 4) is 5.75 Å². The third kappa shape index (κ3) is 5.21. The van der Waals surface area contributed by atoms with Gasteiger partial charge >= 0.3 is 0 Å². The number of benzene rings is 2. The van der Waals surface area contributed by atoms with E-state index in [1.165, 1.54) is 16.7 Å². The molecule has 3 aromatic rings. The fourth-order valence-corrected chi connectivity index (χ4v) is 6.40. The standard InChI is InChI=1S/C32H39NO3/c1-23(2)36-22-31(34)15-16-32(19-25-8-5-4-6-9-25)28(20-31)12-11-26-18-29(13-14-30(26)32)35-21-27-10-7-17-33-24(27)3/h4-10,13-14,17-18,23,28,34H,11-12,15-16,19-22H2,1-3H3/t28-,31-,32+/m1/s1. The molecule has 1 saturated carbocycles. The minimum atomic E-state index is -0.739. The number of ether oxygens (including phenoxy) is 2. The Labute approximate surface area is 215 Å². The smallest absolute Gasteiger partial charge is 0.120 e. The molecule has 0 spiro atoms. The molecule has 1 fully saturated rings. The van der Waals surface area contributed by atoms with Gasteiger partial charge in [0.2, 0.25) is 0 Å². The van der Waals surface area contributed by atoms with Crippen molar-refractivity contribution in [2.75, 3.05) is 6.61 Å². The Balaban J connectivity index is 1.43. The maximum atomic E-state index is 11.5. The van der Waals surface area contributed by atoms with Crippen molar-refractivity contribution in [3.05, 3.63) is 94.8 Å². The number of nitrogens with zero attached hydrogens (tertiary/aromatic N) is 1. The summed E-state index contributed by atoms with van der Waals surface area (Å²) in [7, 11) is 0. The van der Waals surface area contributed by atoms with Gasteiger partial charge in [-0.05, 0) is 100 Å². The van der Waals surface area contributed by atoms with Gasteiger partial charge < -0.3 is 14.6 Å². The van der Waals surface area contributed by atoms with E-state index in [9.17, 15) is 5.11 Å². The molecule has 4 heteroatoms. The lowest BCUT2D eigenvalue weighted by Gasteiger charge is -2.53. The van der Waals surface area contributed by atoms with Crippen molar-refractivity contribution < 1.29 is 14.6 Å². The molecule has 0 radical (unpaired) electrons. The van der Waals surface area contributed by atoms with Crippen LogP contribution in [0.4, 0.5) is 0 Å². The first kappa shape index (κ1) is 25.0. The Morgan fingerprint density at radius 1 is 1.06 bits per heavy atom. The lowest BCUT2D eigenvalue weighted by atomic mass is 9.52. The van der Waals surface area contributed by atoms with Crippen LogP contribution in [-0.2, 0) is 29.6 Å². The molecule has 2 aliphatic rings. The average molecular weight is 486 g/mol. The van der Waals surface area contributed by atoms with Crippen LogP contribution in [0.3, 0.4) is 0 Å². The number of pyridine rings is 1. The second-order valence-electron chi connectivity index (χ2n) is 11.2. The van der Waals surface area contributed by atoms with Crippen molar-refractivity contribution in [3.63, 3.8) is 0 Å². The highest BCUT2D eigenvalue weighted by molar-refractivity contribution is 5.45. The molecule has 4 nitrogen and oxygen atoms in total. The second-order valence-corrected chi connectivity index (χ2v) is 11.2. The molecule has 190 valence electrons. The molecule has 0 unspecified atom stereocenters. The minimum absolute atomic E-state index is 0.0253. The van der Waals surface area contributed by atoms with Crippen molar-refractivity contribution in [1.82, 2.24) is 4.98 Å². The summed E-state index contributed by atoms with van der Waals surface area (Å²) in [6.07, 6.45) is 7.57. The van der Waals surface area contributed by atoms with Gasteiger partial charge in [0.15, 0.2) is 0 Å². The van der Waals surface area contributed by atoms with Crippen LogP contribution in [-0.4, -0.2) is 28.4 Å². The summed E-state index contributed by atoms with van der Waals surface area (Å²) >= 11 is 0.